The van der Waals surface area contributed by atoms with Crippen LogP contribution < -0.4 is 16.1 Å². The molecule has 3 rings (SSSR count). The van der Waals surface area contributed by atoms with Gasteiger partial charge in [-0.25, -0.2) is 4.68 Å². The number of carbonyl (C=O) groups excluding carboxylic acids is 1. The van der Waals surface area contributed by atoms with Crippen LogP contribution in [0, 0.1) is 0 Å². The lowest BCUT2D eigenvalue weighted by molar-refractivity contribution is -0.118. The Bertz CT molecular complexity index is 998. The Morgan fingerprint density at radius 1 is 1.20 bits per heavy atom. The Balaban J connectivity index is 1.45. The van der Waals surface area contributed by atoms with E-state index in [1.54, 1.807) is 18.2 Å². The van der Waals surface area contributed by atoms with E-state index in [4.69, 9.17) is 29.0 Å². The fourth-order valence-electron chi connectivity index (χ4n) is 2.76. The van der Waals surface area contributed by atoms with Gasteiger partial charge in [0.05, 0.1) is 10.8 Å². The summed E-state index contributed by atoms with van der Waals surface area (Å²) in [7, 11) is 2.03. The summed E-state index contributed by atoms with van der Waals surface area (Å²) >= 11 is 13.4. The first-order chi connectivity index (χ1) is 14.5. The number of nitrogens with zero attached hydrogens (tertiary/aromatic N) is 4. The fourth-order valence-corrected chi connectivity index (χ4v) is 3.83. The Morgan fingerprint density at radius 2 is 1.97 bits per heavy atom. The van der Waals surface area contributed by atoms with Crippen molar-refractivity contribution >= 4 is 46.6 Å². The van der Waals surface area contributed by atoms with Crippen LogP contribution in [-0.4, -0.2) is 46.7 Å². The molecule has 2 aromatic carbocycles. The summed E-state index contributed by atoms with van der Waals surface area (Å²) in [5, 5.41) is 12.4. The molecule has 0 saturated carbocycles. The van der Waals surface area contributed by atoms with Crippen molar-refractivity contribution in [3.05, 3.63) is 58.6 Å². The highest BCUT2D eigenvalue weighted by Crippen LogP contribution is 2.30. The molecule has 0 saturated heterocycles. The maximum atomic E-state index is 12.1. The number of nitrogens with one attached hydrogen (secondary N) is 1. The molecule has 1 aromatic heterocycles. The van der Waals surface area contributed by atoms with Crippen molar-refractivity contribution in [1.29, 1.82) is 0 Å². The zero-order valence-electron chi connectivity index (χ0n) is 16.4. The molecule has 3 aromatic rings. The molecule has 0 aliphatic heterocycles. The van der Waals surface area contributed by atoms with Gasteiger partial charge >= 0.3 is 0 Å². The highest BCUT2D eigenvalue weighted by atomic mass is 35.5. The molecular weight excluding hydrogens is 443 g/mol. The van der Waals surface area contributed by atoms with Gasteiger partial charge in [-0.1, -0.05) is 53.2 Å². The van der Waals surface area contributed by atoms with Gasteiger partial charge in [-0.05, 0) is 36.8 Å². The van der Waals surface area contributed by atoms with E-state index in [-0.39, 0.29) is 11.7 Å². The van der Waals surface area contributed by atoms with E-state index < -0.39 is 0 Å². The van der Waals surface area contributed by atoms with Gasteiger partial charge in [0, 0.05) is 36.4 Å². The second-order valence-electron chi connectivity index (χ2n) is 6.55. The Kier molecular flexibility index (Phi) is 7.84. The van der Waals surface area contributed by atoms with Crippen LogP contribution in [0.1, 0.15) is 6.42 Å². The molecule has 1 amide bonds. The summed E-state index contributed by atoms with van der Waals surface area (Å²) in [6.07, 6.45) is 0.840. The molecule has 0 aliphatic carbocycles. The van der Waals surface area contributed by atoms with Gasteiger partial charge in [0.1, 0.15) is 0 Å². The minimum Gasteiger partial charge on any atom is -0.375 e. The summed E-state index contributed by atoms with van der Waals surface area (Å²) in [6.45, 7) is 1.44. The lowest BCUT2D eigenvalue weighted by Gasteiger charge is -2.19. The van der Waals surface area contributed by atoms with Crippen LogP contribution in [0.4, 0.5) is 5.69 Å². The highest BCUT2D eigenvalue weighted by Gasteiger charge is 2.16. The predicted octanol–water partition coefficient (Wildman–Crippen LogP) is 3.70. The predicted molar refractivity (Wildman–Crippen MR) is 124 cm³/mol. The number of rotatable bonds is 9. The largest absolute Gasteiger partial charge is 0.375 e. The topological polar surface area (TPSA) is 89.1 Å². The molecule has 3 N–H and O–H groups in total. The fraction of sp³-hybridized carbons (Fsp3) is 0.250. The number of carbonyl (C=O) groups is 1. The third kappa shape index (κ3) is 5.81. The van der Waals surface area contributed by atoms with Gasteiger partial charge in [0.25, 0.3) is 0 Å². The minimum absolute atomic E-state index is 0.0901. The molecule has 7 nitrogen and oxygen atoms in total. The first-order valence-corrected chi connectivity index (χ1v) is 11.0. The zero-order chi connectivity index (χ0) is 21.5. The third-order valence-electron chi connectivity index (χ3n) is 4.36. The van der Waals surface area contributed by atoms with E-state index >= 15 is 0 Å². The van der Waals surface area contributed by atoms with Gasteiger partial charge < -0.3 is 16.1 Å². The van der Waals surface area contributed by atoms with Gasteiger partial charge in [0.15, 0.2) is 5.82 Å². The number of benzene rings is 2. The van der Waals surface area contributed by atoms with Crippen molar-refractivity contribution in [1.82, 2.24) is 20.2 Å². The number of hydrogen-bond donors (Lipinski definition) is 2. The van der Waals surface area contributed by atoms with E-state index in [2.05, 4.69) is 32.5 Å². The molecule has 10 heteroatoms. The Hall–Kier alpha value is -2.42. The molecule has 30 heavy (non-hydrogen) atoms. The molecule has 0 spiro atoms. The molecule has 1 heterocycles. The van der Waals surface area contributed by atoms with Crippen LogP contribution >= 0.6 is 35.0 Å². The first-order valence-electron chi connectivity index (χ1n) is 9.27. The highest BCUT2D eigenvalue weighted by molar-refractivity contribution is 7.99. The van der Waals surface area contributed by atoms with E-state index in [0.717, 1.165) is 18.7 Å². The smallest absolute Gasteiger partial charge is 0.230 e. The molecule has 0 atom stereocenters. The van der Waals surface area contributed by atoms with E-state index in [1.807, 2.05) is 25.2 Å². The second kappa shape index (κ2) is 10.6. The van der Waals surface area contributed by atoms with Gasteiger partial charge in [-0.15, -0.1) is 10.2 Å². The van der Waals surface area contributed by atoms with Crippen LogP contribution in [-0.2, 0) is 4.79 Å². The van der Waals surface area contributed by atoms with Gasteiger partial charge in [-0.3, -0.25) is 4.79 Å². The molecular formula is C20H22Cl2N6OS. The van der Waals surface area contributed by atoms with E-state index in [9.17, 15) is 4.79 Å². The number of halogens is 2. The normalized spacial score (nSPS) is 10.8. The lowest BCUT2D eigenvalue weighted by atomic mass is 10.2. The number of amides is 1. The molecule has 0 bridgehead atoms. The van der Waals surface area contributed by atoms with Crippen molar-refractivity contribution in [3.8, 4) is 11.4 Å². The maximum Gasteiger partial charge on any atom is 0.230 e. The van der Waals surface area contributed by atoms with Gasteiger partial charge in [0.2, 0.25) is 11.1 Å². The van der Waals surface area contributed by atoms with Crippen molar-refractivity contribution in [3.63, 3.8) is 0 Å². The number of nitrogen functional groups attached to an aromatic ring is 1. The monoisotopic (exact) mass is 464 g/mol. The number of thioether (sulfide) groups is 1. The maximum absolute atomic E-state index is 12.1. The average Bonchev–Trinajstić information content (AvgIpc) is 3.12. The van der Waals surface area contributed by atoms with Gasteiger partial charge in [-0.2, -0.15) is 0 Å². The van der Waals surface area contributed by atoms with Crippen LogP contribution in [0.3, 0.4) is 0 Å². The zero-order valence-corrected chi connectivity index (χ0v) is 18.7. The van der Waals surface area contributed by atoms with Crippen LogP contribution in [0.15, 0.2) is 53.7 Å². The SMILES string of the molecule is CN(CCCNC(=O)CSc1nnc(-c2cc(Cl)ccc2Cl)n1N)c1ccccc1. The first kappa shape index (κ1) is 22.3. The molecule has 158 valence electrons. The van der Waals surface area contributed by atoms with Crippen LogP contribution in [0.25, 0.3) is 11.4 Å². The average molecular weight is 465 g/mol. The summed E-state index contributed by atoms with van der Waals surface area (Å²) in [4.78, 5) is 14.3. The Labute approximate surface area is 189 Å². The Morgan fingerprint density at radius 3 is 2.73 bits per heavy atom. The summed E-state index contributed by atoms with van der Waals surface area (Å²) in [5.41, 5.74) is 1.73. The van der Waals surface area contributed by atoms with E-state index in [1.165, 1.54) is 16.4 Å². The van der Waals surface area contributed by atoms with Crippen molar-refractivity contribution in [2.75, 3.05) is 36.6 Å². The summed E-state index contributed by atoms with van der Waals surface area (Å²) in [6, 6.07) is 15.1. The summed E-state index contributed by atoms with van der Waals surface area (Å²) in [5.74, 6) is 6.56. The van der Waals surface area contributed by atoms with Crippen molar-refractivity contribution < 1.29 is 4.79 Å². The lowest BCUT2D eigenvalue weighted by Crippen LogP contribution is -2.29. The van der Waals surface area contributed by atoms with Crippen molar-refractivity contribution in [2.45, 2.75) is 11.6 Å². The number of aromatic nitrogens is 3. The standard InChI is InChI=1S/C20H22Cl2N6OS/c1-27(15-6-3-2-4-7-15)11-5-10-24-18(29)13-30-20-26-25-19(28(20)23)16-12-14(21)8-9-17(16)22/h2-4,6-9,12H,5,10-11,13,23H2,1H3,(H,24,29). The molecule has 0 radical (unpaired) electrons. The van der Waals surface area contributed by atoms with Crippen LogP contribution in [0.5, 0.6) is 0 Å². The number of para-hydroxylation sites is 1. The molecule has 0 unspecified atom stereocenters. The number of anilines is 1. The quantitative estimate of drug-likeness (QED) is 0.285. The van der Waals surface area contributed by atoms with Crippen LogP contribution in [0.2, 0.25) is 10.0 Å². The van der Waals surface area contributed by atoms with Crippen molar-refractivity contribution in [2.24, 2.45) is 0 Å². The molecule has 0 fully saturated rings. The number of nitrogens with two attached hydrogens (primary N) is 1. The second-order valence-corrected chi connectivity index (χ2v) is 8.34. The van der Waals surface area contributed by atoms with E-state index in [0.29, 0.717) is 33.1 Å². The molecule has 0 aliphatic rings. The summed E-state index contributed by atoms with van der Waals surface area (Å²) < 4.78 is 1.31. The number of hydrogen-bond acceptors (Lipinski definition) is 6. The third-order valence-corrected chi connectivity index (χ3v) is 5.86. The minimum atomic E-state index is -0.0901.